The van der Waals surface area contributed by atoms with Gasteiger partial charge in [0.1, 0.15) is 0 Å². The van der Waals surface area contributed by atoms with E-state index in [2.05, 4.69) is 15.3 Å². The fourth-order valence-corrected chi connectivity index (χ4v) is 3.99. The van der Waals surface area contributed by atoms with Gasteiger partial charge >= 0.3 is 0 Å². The summed E-state index contributed by atoms with van der Waals surface area (Å²) < 4.78 is 0. The van der Waals surface area contributed by atoms with Gasteiger partial charge in [0.15, 0.2) is 0 Å². The molecule has 2 aliphatic heterocycles. The number of aryl methyl sites for hydroxylation is 2. The first-order valence-corrected chi connectivity index (χ1v) is 9.36. The number of aliphatic imine (C=N–C) groups is 1. The second-order valence-electron chi connectivity index (χ2n) is 7.12. The van der Waals surface area contributed by atoms with Gasteiger partial charge in [-0.15, -0.1) is 0 Å². The molecule has 3 aliphatic rings. The van der Waals surface area contributed by atoms with Crippen molar-refractivity contribution >= 4 is 17.3 Å². The number of nitrogens with one attached hydrogen (secondary N) is 1. The number of nitrogens with zero attached hydrogens (tertiary/aromatic N) is 4. The highest BCUT2D eigenvalue weighted by molar-refractivity contribution is 6.04. The maximum Gasteiger partial charge on any atom is 0.206 e. The van der Waals surface area contributed by atoms with Gasteiger partial charge in [-0.1, -0.05) is 12.8 Å². The van der Waals surface area contributed by atoms with E-state index < -0.39 is 0 Å². The molecular weight excluding hydrogens is 318 g/mol. The van der Waals surface area contributed by atoms with E-state index in [1.807, 2.05) is 12.1 Å². The van der Waals surface area contributed by atoms with Gasteiger partial charge in [0.05, 0.1) is 17.9 Å². The lowest BCUT2D eigenvalue weighted by Crippen LogP contribution is -2.51. The van der Waals surface area contributed by atoms with Gasteiger partial charge in [0.25, 0.3) is 0 Å². The fourth-order valence-electron chi connectivity index (χ4n) is 3.99. The smallest absolute Gasteiger partial charge is 0.206 e. The molecule has 0 bridgehead atoms. The summed E-state index contributed by atoms with van der Waals surface area (Å²) in [6.45, 7) is 3.55. The maximum atomic E-state index is 12.6. The standard InChI is InChI=1S/C18H25N5O2/c24-22-16-12-14-6-5-7-15(14)13-17(16)23(25)20-18(22)19-8-11-21-9-3-1-2-4-10-21/h12-13H,1-11H2,(H,19,20)/q-2. The Balaban J connectivity index is 1.46. The summed E-state index contributed by atoms with van der Waals surface area (Å²) in [5, 5.41) is 26.4. The molecule has 2 heterocycles. The summed E-state index contributed by atoms with van der Waals surface area (Å²) in [6.07, 6.45) is 8.10. The first kappa shape index (κ1) is 16.6. The molecule has 7 heteroatoms. The average Bonchev–Trinajstić information content (AvgIpc) is 2.92. The number of likely N-dealkylation sites (tertiary alicyclic amines) is 1. The molecule has 1 saturated heterocycles. The van der Waals surface area contributed by atoms with Crippen molar-refractivity contribution in [3.05, 3.63) is 33.7 Å². The van der Waals surface area contributed by atoms with Crippen molar-refractivity contribution in [1.29, 1.82) is 0 Å². The molecule has 0 radical (unpaired) electrons. The first-order chi connectivity index (χ1) is 12.2. The zero-order chi connectivity index (χ0) is 17.2. The van der Waals surface area contributed by atoms with Crippen LogP contribution in [-0.2, 0) is 12.8 Å². The number of hydroxylamine groups is 1. The molecule has 0 amide bonds. The van der Waals surface area contributed by atoms with Crippen LogP contribution in [0.25, 0.3) is 0 Å². The van der Waals surface area contributed by atoms with E-state index in [0.29, 0.717) is 23.1 Å². The number of benzene rings is 1. The van der Waals surface area contributed by atoms with Gasteiger partial charge in [0, 0.05) is 6.54 Å². The van der Waals surface area contributed by atoms with Gasteiger partial charge in [-0.2, -0.15) is 0 Å². The van der Waals surface area contributed by atoms with Gasteiger partial charge in [-0.05, 0) is 68.5 Å². The van der Waals surface area contributed by atoms with Crippen molar-refractivity contribution in [2.45, 2.75) is 44.9 Å². The van der Waals surface area contributed by atoms with Crippen LogP contribution >= 0.6 is 0 Å². The average molecular weight is 343 g/mol. The largest absolute Gasteiger partial charge is 0.752 e. The molecule has 136 valence electrons. The molecule has 1 aliphatic carbocycles. The van der Waals surface area contributed by atoms with E-state index in [9.17, 15) is 10.4 Å². The minimum absolute atomic E-state index is 0.0928. The second kappa shape index (κ2) is 7.19. The Morgan fingerprint density at radius 1 is 0.920 bits per heavy atom. The predicted molar refractivity (Wildman–Crippen MR) is 101 cm³/mol. The molecule has 25 heavy (non-hydrogen) atoms. The minimum atomic E-state index is 0.0928. The second-order valence-corrected chi connectivity index (χ2v) is 7.12. The Labute approximate surface area is 148 Å². The molecule has 7 nitrogen and oxygen atoms in total. The first-order valence-electron chi connectivity index (χ1n) is 9.36. The molecule has 1 aromatic rings. The number of hydrogen-bond acceptors (Lipinski definition) is 5. The molecule has 1 N–H and O–H groups in total. The Morgan fingerprint density at radius 3 is 2.32 bits per heavy atom. The number of rotatable bonds is 3. The van der Waals surface area contributed by atoms with Crippen molar-refractivity contribution in [3.63, 3.8) is 0 Å². The topological polar surface area (TPSA) is 80.2 Å². The van der Waals surface area contributed by atoms with Gasteiger partial charge in [-0.25, -0.2) is 0 Å². The molecule has 0 aromatic heterocycles. The molecule has 0 saturated carbocycles. The summed E-state index contributed by atoms with van der Waals surface area (Å²) in [4.78, 5) is 6.76. The number of hydrogen-bond donors (Lipinski definition) is 1. The monoisotopic (exact) mass is 343 g/mol. The summed E-state index contributed by atoms with van der Waals surface area (Å²) in [7, 11) is 0. The molecule has 0 spiro atoms. The summed E-state index contributed by atoms with van der Waals surface area (Å²) in [6, 6.07) is 3.71. The van der Waals surface area contributed by atoms with Crippen molar-refractivity contribution < 1.29 is 0 Å². The highest BCUT2D eigenvalue weighted by Crippen LogP contribution is 2.37. The Kier molecular flexibility index (Phi) is 4.78. The van der Waals surface area contributed by atoms with Crippen molar-refractivity contribution in [3.8, 4) is 0 Å². The summed E-state index contributed by atoms with van der Waals surface area (Å²) in [5.41, 5.74) is 5.74. The molecular formula is C18H25N5O2-2. The molecule has 0 atom stereocenters. The van der Waals surface area contributed by atoms with E-state index in [-0.39, 0.29) is 5.96 Å². The van der Waals surface area contributed by atoms with Gasteiger partial charge in [0.2, 0.25) is 5.96 Å². The lowest BCUT2D eigenvalue weighted by atomic mass is 10.1. The fraction of sp³-hybridized carbons (Fsp3) is 0.611. The van der Waals surface area contributed by atoms with Crippen LogP contribution in [0.5, 0.6) is 0 Å². The van der Waals surface area contributed by atoms with Crippen LogP contribution in [0.1, 0.15) is 43.2 Å². The number of fused-ring (bicyclic) bond motifs is 2. The van der Waals surface area contributed by atoms with Crippen molar-refractivity contribution in [1.82, 2.24) is 10.3 Å². The third kappa shape index (κ3) is 3.44. The number of hydrazine groups is 1. The van der Waals surface area contributed by atoms with Crippen molar-refractivity contribution in [2.24, 2.45) is 4.99 Å². The Bertz CT molecular complexity index is 655. The Morgan fingerprint density at radius 2 is 1.60 bits per heavy atom. The van der Waals surface area contributed by atoms with Crippen LogP contribution in [-0.4, -0.2) is 37.0 Å². The van der Waals surface area contributed by atoms with Crippen LogP contribution in [0.15, 0.2) is 17.1 Å². The van der Waals surface area contributed by atoms with Crippen molar-refractivity contribution in [2.75, 3.05) is 36.4 Å². The summed E-state index contributed by atoms with van der Waals surface area (Å²) in [5.74, 6) is 0.0928. The molecule has 1 aromatic carbocycles. The highest BCUT2D eigenvalue weighted by atomic mass is 16.6. The van der Waals surface area contributed by atoms with Gasteiger partial charge < -0.3 is 25.5 Å². The maximum absolute atomic E-state index is 12.6. The van der Waals surface area contributed by atoms with Crippen LogP contribution in [0.2, 0.25) is 0 Å². The Hall–Kier alpha value is -1.83. The van der Waals surface area contributed by atoms with E-state index in [4.69, 9.17) is 0 Å². The van der Waals surface area contributed by atoms with Crippen LogP contribution in [0.3, 0.4) is 0 Å². The van der Waals surface area contributed by atoms with E-state index in [1.54, 1.807) is 0 Å². The number of guanidine groups is 1. The zero-order valence-electron chi connectivity index (χ0n) is 14.5. The SMILES string of the molecule is [O-]N1NC(=NCCN2CCCCCC2)N([O-])c2cc3c(cc21)CCC3. The van der Waals surface area contributed by atoms with Crippen LogP contribution in [0, 0.1) is 10.4 Å². The zero-order valence-corrected chi connectivity index (χ0v) is 14.5. The number of anilines is 2. The van der Waals surface area contributed by atoms with Crippen LogP contribution in [0.4, 0.5) is 11.4 Å². The third-order valence-electron chi connectivity index (χ3n) is 5.40. The van der Waals surface area contributed by atoms with E-state index in [0.717, 1.165) is 44.0 Å². The summed E-state index contributed by atoms with van der Waals surface area (Å²) >= 11 is 0. The normalized spacial score (nSPS) is 22.6. The predicted octanol–water partition coefficient (Wildman–Crippen LogP) is 2.53. The van der Waals surface area contributed by atoms with Crippen LogP contribution < -0.4 is 15.7 Å². The van der Waals surface area contributed by atoms with E-state index >= 15 is 0 Å². The molecule has 4 rings (SSSR count). The van der Waals surface area contributed by atoms with Gasteiger partial charge in [-0.3, -0.25) is 10.4 Å². The highest BCUT2D eigenvalue weighted by Gasteiger charge is 2.22. The quantitative estimate of drug-likeness (QED) is 0.908. The third-order valence-corrected chi connectivity index (χ3v) is 5.40. The molecule has 0 unspecified atom stereocenters. The minimum Gasteiger partial charge on any atom is -0.752 e. The lowest BCUT2D eigenvalue weighted by molar-refractivity contribution is 0.293. The lowest BCUT2D eigenvalue weighted by Gasteiger charge is -2.46. The molecule has 1 fully saturated rings. The van der Waals surface area contributed by atoms with E-state index in [1.165, 1.54) is 36.8 Å².